The van der Waals surface area contributed by atoms with Crippen LogP contribution in [0.5, 0.6) is 0 Å². The summed E-state index contributed by atoms with van der Waals surface area (Å²) in [4.78, 5) is 25.9. The van der Waals surface area contributed by atoms with Crippen LogP contribution in [0.25, 0.3) is 0 Å². The number of carbonyl (C=O) groups excluding carboxylic acids is 2. The predicted molar refractivity (Wildman–Crippen MR) is 67.5 cm³/mol. The van der Waals surface area contributed by atoms with Crippen molar-refractivity contribution < 1.29 is 9.59 Å². The van der Waals surface area contributed by atoms with Crippen LogP contribution in [-0.4, -0.2) is 34.8 Å². The molecule has 17 heavy (non-hydrogen) atoms. The van der Waals surface area contributed by atoms with Gasteiger partial charge in [0.2, 0.25) is 11.8 Å². The van der Waals surface area contributed by atoms with Crippen molar-refractivity contribution in [1.82, 2.24) is 10.2 Å². The van der Waals surface area contributed by atoms with Gasteiger partial charge in [-0.25, -0.2) is 0 Å². The van der Waals surface area contributed by atoms with Gasteiger partial charge < -0.3 is 10.2 Å². The molecule has 1 aliphatic rings. The van der Waals surface area contributed by atoms with Crippen LogP contribution in [0.15, 0.2) is 0 Å². The van der Waals surface area contributed by atoms with E-state index in [2.05, 4.69) is 19.2 Å². The van der Waals surface area contributed by atoms with Crippen molar-refractivity contribution in [1.29, 1.82) is 0 Å². The third-order valence-corrected chi connectivity index (χ3v) is 3.47. The Kier molecular flexibility index (Phi) is 4.17. The molecule has 0 bridgehead atoms. The minimum Gasteiger partial charge on any atom is -0.342 e. The molecule has 1 rings (SSSR count). The monoisotopic (exact) mass is 240 g/mol. The van der Waals surface area contributed by atoms with Gasteiger partial charge in [0.05, 0.1) is 0 Å². The number of nitrogens with one attached hydrogen (secondary N) is 1. The van der Waals surface area contributed by atoms with E-state index >= 15 is 0 Å². The highest BCUT2D eigenvalue weighted by molar-refractivity contribution is 5.93. The predicted octanol–water partition coefficient (Wildman–Crippen LogP) is 1.55. The standard InChI is InChI=1S/C13H24N2O2/c1-6-9(2)8-15-10(3)7-11(16)14-13(4,5)12(15)17/h9-10H,6-8H2,1-5H3,(H,14,16). The zero-order valence-corrected chi connectivity index (χ0v) is 11.5. The van der Waals surface area contributed by atoms with Crippen molar-refractivity contribution in [3.63, 3.8) is 0 Å². The number of hydrogen-bond acceptors (Lipinski definition) is 2. The number of rotatable bonds is 3. The Hall–Kier alpha value is -1.06. The molecule has 4 heteroatoms. The first kappa shape index (κ1) is 14.0. The van der Waals surface area contributed by atoms with E-state index in [1.807, 2.05) is 11.8 Å². The normalized spacial score (nSPS) is 26.4. The molecule has 1 N–H and O–H groups in total. The maximum absolute atomic E-state index is 12.4. The van der Waals surface area contributed by atoms with Crippen molar-refractivity contribution in [3.05, 3.63) is 0 Å². The molecular formula is C13H24N2O2. The Balaban J connectivity index is 2.91. The molecule has 2 atom stereocenters. The zero-order valence-electron chi connectivity index (χ0n) is 11.5. The fourth-order valence-electron chi connectivity index (χ4n) is 2.12. The smallest absolute Gasteiger partial charge is 0.248 e. The van der Waals surface area contributed by atoms with E-state index in [4.69, 9.17) is 0 Å². The molecule has 2 unspecified atom stereocenters. The van der Waals surface area contributed by atoms with Crippen molar-refractivity contribution >= 4 is 11.8 Å². The molecule has 0 radical (unpaired) electrons. The Morgan fingerprint density at radius 3 is 2.59 bits per heavy atom. The highest BCUT2D eigenvalue weighted by Crippen LogP contribution is 2.20. The maximum atomic E-state index is 12.4. The van der Waals surface area contributed by atoms with Crippen LogP contribution >= 0.6 is 0 Å². The molecule has 0 spiro atoms. The molecule has 98 valence electrons. The van der Waals surface area contributed by atoms with Gasteiger partial charge in [0.15, 0.2) is 0 Å². The van der Waals surface area contributed by atoms with Crippen molar-refractivity contribution in [3.8, 4) is 0 Å². The van der Waals surface area contributed by atoms with Gasteiger partial charge in [-0.05, 0) is 26.7 Å². The molecule has 0 aliphatic carbocycles. The summed E-state index contributed by atoms with van der Waals surface area (Å²) in [5, 5.41) is 2.79. The van der Waals surface area contributed by atoms with Gasteiger partial charge in [0, 0.05) is 19.0 Å². The van der Waals surface area contributed by atoms with Gasteiger partial charge in [0.1, 0.15) is 5.54 Å². The van der Waals surface area contributed by atoms with Crippen LogP contribution in [0.2, 0.25) is 0 Å². The molecule has 1 saturated heterocycles. The third kappa shape index (κ3) is 3.20. The summed E-state index contributed by atoms with van der Waals surface area (Å²) in [7, 11) is 0. The minimum atomic E-state index is -0.782. The molecule has 0 aromatic heterocycles. The summed E-state index contributed by atoms with van der Waals surface area (Å²) in [5.41, 5.74) is -0.782. The third-order valence-electron chi connectivity index (χ3n) is 3.47. The molecule has 1 aliphatic heterocycles. The van der Waals surface area contributed by atoms with E-state index in [0.717, 1.165) is 13.0 Å². The van der Waals surface area contributed by atoms with E-state index in [9.17, 15) is 9.59 Å². The number of hydrogen-bond donors (Lipinski definition) is 1. The van der Waals surface area contributed by atoms with Gasteiger partial charge in [-0.2, -0.15) is 0 Å². The van der Waals surface area contributed by atoms with E-state index in [1.54, 1.807) is 13.8 Å². The van der Waals surface area contributed by atoms with Crippen molar-refractivity contribution in [2.24, 2.45) is 5.92 Å². The lowest BCUT2D eigenvalue weighted by Crippen LogP contribution is -2.54. The summed E-state index contributed by atoms with van der Waals surface area (Å²) in [5.74, 6) is 0.448. The molecule has 1 heterocycles. The first-order valence-corrected chi connectivity index (χ1v) is 6.40. The molecule has 4 nitrogen and oxygen atoms in total. The van der Waals surface area contributed by atoms with Crippen molar-refractivity contribution in [2.75, 3.05) is 6.54 Å². The molecule has 1 fully saturated rings. The Bertz CT molecular complexity index is 313. The summed E-state index contributed by atoms with van der Waals surface area (Å²) < 4.78 is 0. The van der Waals surface area contributed by atoms with Crippen LogP contribution in [0.4, 0.5) is 0 Å². The minimum absolute atomic E-state index is 0.0155. The van der Waals surface area contributed by atoms with E-state index in [0.29, 0.717) is 12.3 Å². The fraction of sp³-hybridized carbons (Fsp3) is 0.846. The van der Waals surface area contributed by atoms with Gasteiger partial charge in [-0.3, -0.25) is 9.59 Å². The topological polar surface area (TPSA) is 49.4 Å². The van der Waals surface area contributed by atoms with Gasteiger partial charge in [-0.15, -0.1) is 0 Å². The van der Waals surface area contributed by atoms with Crippen molar-refractivity contribution in [2.45, 2.75) is 59.0 Å². The van der Waals surface area contributed by atoms with E-state index in [1.165, 1.54) is 0 Å². The molecule has 2 amide bonds. The summed E-state index contributed by atoms with van der Waals surface area (Å²) in [6.07, 6.45) is 1.43. The molecule has 0 aromatic carbocycles. The summed E-state index contributed by atoms with van der Waals surface area (Å²) in [6, 6.07) is -0.0155. The molecular weight excluding hydrogens is 216 g/mol. The second-order valence-corrected chi connectivity index (χ2v) is 5.70. The Morgan fingerprint density at radius 1 is 1.47 bits per heavy atom. The molecule has 0 aromatic rings. The lowest BCUT2D eigenvalue weighted by Gasteiger charge is -2.33. The second kappa shape index (κ2) is 5.07. The number of carbonyl (C=O) groups is 2. The van der Waals surface area contributed by atoms with Crippen LogP contribution in [0, 0.1) is 5.92 Å². The van der Waals surface area contributed by atoms with Crippen LogP contribution in [-0.2, 0) is 9.59 Å². The zero-order chi connectivity index (χ0) is 13.2. The van der Waals surface area contributed by atoms with Crippen LogP contribution < -0.4 is 5.32 Å². The summed E-state index contributed by atoms with van der Waals surface area (Å²) in [6.45, 7) is 10.5. The lowest BCUT2D eigenvalue weighted by atomic mass is 10.0. The van der Waals surface area contributed by atoms with Gasteiger partial charge in [0.25, 0.3) is 0 Å². The fourth-order valence-corrected chi connectivity index (χ4v) is 2.12. The lowest BCUT2D eigenvalue weighted by molar-refractivity contribution is -0.139. The average molecular weight is 240 g/mol. The summed E-state index contributed by atoms with van der Waals surface area (Å²) >= 11 is 0. The SMILES string of the molecule is CCC(C)CN1C(=O)C(C)(C)NC(=O)CC1C. The quantitative estimate of drug-likeness (QED) is 0.813. The first-order valence-electron chi connectivity index (χ1n) is 6.40. The largest absolute Gasteiger partial charge is 0.342 e. The van der Waals surface area contributed by atoms with Crippen LogP contribution in [0.3, 0.4) is 0 Å². The van der Waals surface area contributed by atoms with Crippen LogP contribution in [0.1, 0.15) is 47.5 Å². The van der Waals surface area contributed by atoms with E-state index in [-0.39, 0.29) is 17.9 Å². The highest BCUT2D eigenvalue weighted by Gasteiger charge is 2.39. The first-order chi connectivity index (χ1) is 7.77. The van der Waals surface area contributed by atoms with Gasteiger partial charge >= 0.3 is 0 Å². The Morgan fingerprint density at radius 2 is 2.06 bits per heavy atom. The average Bonchev–Trinajstić information content (AvgIpc) is 2.28. The van der Waals surface area contributed by atoms with E-state index < -0.39 is 5.54 Å². The molecule has 0 saturated carbocycles. The Labute approximate surface area is 104 Å². The number of amides is 2. The number of nitrogens with zero attached hydrogens (tertiary/aromatic N) is 1. The second-order valence-electron chi connectivity index (χ2n) is 5.70. The highest BCUT2D eigenvalue weighted by atomic mass is 16.2. The maximum Gasteiger partial charge on any atom is 0.248 e. The van der Waals surface area contributed by atoms with Gasteiger partial charge in [-0.1, -0.05) is 20.3 Å².